The Labute approximate surface area is 100 Å². The number of aromatic nitrogens is 1. The molecule has 0 atom stereocenters. The van der Waals surface area contributed by atoms with Crippen molar-refractivity contribution < 1.29 is 0 Å². The molecule has 1 heterocycles. The van der Waals surface area contributed by atoms with Crippen LogP contribution in [-0.2, 0) is 5.41 Å². The monoisotopic (exact) mass is 229 g/mol. The number of hydrogen-bond donors (Lipinski definition) is 0. The Hall–Kier alpha value is -1.15. The third kappa shape index (κ3) is 1.40. The highest BCUT2D eigenvalue weighted by Crippen LogP contribution is 2.49. The van der Waals surface area contributed by atoms with E-state index in [4.69, 9.17) is 4.98 Å². The molecule has 1 aromatic heterocycles. The summed E-state index contributed by atoms with van der Waals surface area (Å²) in [5, 5.41) is 3.47. The first kappa shape index (κ1) is 10.0. The van der Waals surface area contributed by atoms with E-state index in [9.17, 15) is 0 Å². The summed E-state index contributed by atoms with van der Waals surface area (Å²) in [6.45, 7) is 2.08. The highest BCUT2D eigenvalue weighted by Gasteiger charge is 2.42. The van der Waals surface area contributed by atoms with Crippen molar-refractivity contribution in [2.75, 3.05) is 0 Å². The smallest absolute Gasteiger partial charge is 0.103 e. The third-order valence-electron chi connectivity index (χ3n) is 3.56. The molecule has 0 spiro atoms. The Bertz CT molecular complexity index is 482. The van der Waals surface area contributed by atoms with Gasteiger partial charge in [-0.25, -0.2) is 4.98 Å². The maximum absolute atomic E-state index is 4.70. The van der Waals surface area contributed by atoms with E-state index in [2.05, 4.69) is 42.6 Å². The summed E-state index contributed by atoms with van der Waals surface area (Å²) in [4.78, 5) is 4.70. The molecule has 0 aliphatic heterocycles. The average Bonchev–Trinajstić information content (AvgIpc) is 2.65. The van der Waals surface area contributed by atoms with Gasteiger partial charge in [-0.2, -0.15) is 0 Å². The van der Waals surface area contributed by atoms with Crippen molar-refractivity contribution >= 4 is 11.3 Å². The molecule has 2 aromatic rings. The van der Waals surface area contributed by atoms with Crippen LogP contribution in [0, 0.1) is 6.92 Å². The van der Waals surface area contributed by atoms with Crippen LogP contribution < -0.4 is 0 Å². The predicted molar refractivity (Wildman–Crippen MR) is 67.9 cm³/mol. The summed E-state index contributed by atoms with van der Waals surface area (Å²) in [6.07, 6.45) is 3.83. The van der Waals surface area contributed by atoms with Crippen LogP contribution in [-0.4, -0.2) is 4.98 Å². The van der Waals surface area contributed by atoms with E-state index in [-0.39, 0.29) is 5.41 Å². The summed E-state index contributed by atoms with van der Waals surface area (Å²) in [5.41, 5.74) is 2.83. The Morgan fingerprint density at radius 1 is 1.19 bits per heavy atom. The molecule has 0 saturated heterocycles. The molecule has 1 nitrogen and oxygen atoms in total. The van der Waals surface area contributed by atoms with E-state index in [0.29, 0.717) is 0 Å². The number of rotatable bonds is 2. The first-order valence-corrected chi connectivity index (χ1v) is 6.67. The summed E-state index contributed by atoms with van der Waals surface area (Å²) in [6, 6.07) is 10.8. The van der Waals surface area contributed by atoms with Crippen molar-refractivity contribution in [3.05, 3.63) is 52.0 Å². The number of aryl methyl sites for hydroxylation is 1. The van der Waals surface area contributed by atoms with Gasteiger partial charge in [0.1, 0.15) is 5.01 Å². The molecular weight excluding hydrogens is 214 g/mol. The molecule has 82 valence electrons. The minimum atomic E-state index is 0.236. The fourth-order valence-electron chi connectivity index (χ4n) is 2.49. The summed E-state index contributed by atoms with van der Waals surface area (Å²) >= 11 is 1.82. The second kappa shape index (κ2) is 3.70. The molecule has 0 amide bonds. The Morgan fingerprint density at radius 3 is 2.44 bits per heavy atom. The molecule has 3 rings (SSSR count). The van der Waals surface area contributed by atoms with E-state index in [0.717, 1.165) is 5.69 Å². The van der Waals surface area contributed by atoms with Crippen LogP contribution in [0.3, 0.4) is 0 Å². The number of hydrogen-bond acceptors (Lipinski definition) is 2. The van der Waals surface area contributed by atoms with Gasteiger partial charge in [-0.05, 0) is 25.3 Å². The van der Waals surface area contributed by atoms with Gasteiger partial charge in [0.2, 0.25) is 0 Å². The molecule has 1 saturated carbocycles. The van der Waals surface area contributed by atoms with Gasteiger partial charge in [0, 0.05) is 16.5 Å². The zero-order chi connectivity index (χ0) is 11.0. The van der Waals surface area contributed by atoms with Gasteiger partial charge in [-0.1, -0.05) is 36.8 Å². The van der Waals surface area contributed by atoms with Crippen LogP contribution in [0.4, 0.5) is 0 Å². The highest BCUT2D eigenvalue weighted by atomic mass is 32.1. The maximum atomic E-state index is 4.70. The topological polar surface area (TPSA) is 12.9 Å². The molecule has 1 aliphatic carbocycles. The SMILES string of the molecule is Cc1csc(C2(c3ccccc3)CCC2)n1. The zero-order valence-corrected chi connectivity index (χ0v) is 10.3. The van der Waals surface area contributed by atoms with Gasteiger partial charge >= 0.3 is 0 Å². The summed E-state index contributed by atoms with van der Waals surface area (Å²) < 4.78 is 0. The fraction of sp³-hybridized carbons (Fsp3) is 0.357. The average molecular weight is 229 g/mol. The Morgan fingerprint density at radius 2 is 1.94 bits per heavy atom. The normalized spacial score (nSPS) is 18.1. The first-order valence-electron chi connectivity index (χ1n) is 5.79. The number of benzene rings is 1. The van der Waals surface area contributed by atoms with Gasteiger partial charge in [-0.3, -0.25) is 0 Å². The number of nitrogens with zero attached hydrogens (tertiary/aromatic N) is 1. The van der Waals surface area contributed by atoms with Crippen LogP contribution in [0.25, 0.3) is 0 Å². The van der Waals surface area contributed by atoms with Crippen LogP contribution in [0.5, 0.6) is 0 Å². The standard InChI is InChI=1S/C14H15NS/c1-11-10-16-13(15-11)14(8-5-9-14)12-6-3-2-4-7-12/h2-4,6-7,10H,5,8-9H2,1H3. The molecule has 0 radical (unpaired) electrons. The molecule has 0 N–H and O–H groups in total. The van der Waals surface area contributed by atoms with Crippen molar-refractivity contribution in [3.8, 4) is 0 Å². The van der Waals surface area contributed by atoms with Crippen molar-refractivity contribution in [3.63, 3.8) is 0 Å². The molecule has 1 aromatic carbocycles. The van der Waals surface area contributed by atoms with E-state index in [1.165, 1.54) is 29.8 Å². The van der Waals surface area contributed by atoms with Crippen LogP contribution in [0.2, 0.25) is 0 Å². The second-order valence-electron chi connectivity index (χ2n) is 4.60. The van der Waals surface area contributed by atoms with Crippen LogP contribution in [0.15, 0.2) is 35.7 Å². The van der Waals surface area contributed by atoms with Gasteiger partial charge in [0.15, 0.2) is 0 Å². The zero-order valence-electron chi connectivity index (χ0n) is 9.44. The van der Waals surface area contributed by atoms with E-state index in [1.54, 1.807) is 0 Å². The predicted octanol–water partition coefficient (Wildman–Crippen LogP) is 3.92. The number of thiazole rings is 1. The van der Waals surface area contributed by atoms with Crippen LogP contribution >= 0.6 is 11.3 Å². The van der Waals surface area contributed by atoms with Gasteiger partial charge < -0.3 is 0 Å². The second-order valence-corrected chi connectivity index (χ2v) is 5.45. The quantitative estimate of drug-likeness (QED) is 0.760. The summed E-state index contributed by atoms with van der Waals surface area (Å²) in [7, 11) is 0. The van der Waals surface area contributed by atoms with Crippen LogP contribution in [0.1, 0.15) is 35.5 Å². The minimum absolute atomic E-state index is 0.236. The lowest BCUT2D eigenvalue weighted by molar-refractivity contribution is 0.300. The van der Waals surface area contributed by atoms with Gasteiger partial charge in [0.25, 0.3) is 0 Å². The molecular formula is C14H15NS. The first-order chi connectivity index (χ1) is 7.81. The van der Waals surface area contributed by atoms with Crippen molar-refractivity contribution in [2.24, 2.45) is 0 Å². The van der Waals surface area contributed by atoms with E-state index in [1.807, 2.05) is 11.3 Å². The third-order valence-corrected chi connectivity index (χ3v) is 4.73. The highest BCUT2D eigenvalue weighted by molar-refractivity contribution is 7.09. The molecule has 2 heteroatoms. The Kier molecular flexibility index (Phi) is 2.32. The van der Waals surface area contributed by atoms with Crippen molar-refractivity contribution in [2.45, 2.75) is 31.6 Å². The molecule has 0 unspecified atom stereocenters. The Balaban J connectivity index is 2.07. The molecule has 1 fully saturated rings. The lowest BCUT2D eigenvalue weighted by atomic mass is 9.65. The molecule has 0 bridgehead atoms. The van der Waals surface area contributed by atoms with Crippen molar-refractivity contribution in [1.29, 1.82) is 0 Å². The molecule has 1 aliphatic rings. The van der Waals surface area contributed by atoms with Gasteiger partial charge in [-0.15, -0.1) is 11.3 Å². The van der Waals surface area contributed by atoms with E-state index >= 15 is 0 Å². The lowest BCUT2D eigenvalue weighted by Gasteiger charge is -2.40. The maximum Gasteiger partial charge on any atom is 0.103 e. The van der Waals surface area contributed by atoms with Gasteiger partial charge in [0.05, 0.1) is 0 Å². The largest absolute Gasteiger partial charge is 0.246 e. The van der Waals surface area contributed by atoms with Crippen molar-refractivity contribution in [1.82, 2.24) is 4.98 Å². The molecule has 16 heavy (non-hydrogen) atoms. The van der Waals surface area contributed by atoms with E-state index < -0.39 is 0 Å². The minimum Gasteiger partial charge on any atom is -0.246 e. The summed E-state index contributed by atoms with van der Waals surface area (Å²) in [5.74, 6) is 0. The lowest BCUT2D eigenvalue weighted by Crippen LogP contribution is -2.35. The fourth-order valence-corrected chi connectivity index (χ4v) is 3.57.